The fourth-order valence-electron chi connectivity index (χ4n) is 2.42. The van der Waals surface area contributed by atoms with E-state index in [1.807, 2.05) is 42.7 Å². The van der Waals surface area contributed by atoms with E-state index in [1.54, 1.807) is 18.0 Å². The van der Waals surface area contributed by atoms with Crippen LogP contribution in [0.1, 0.15) is 5.56 Å². The number of anilines is 4. The van der Waals surface area contributed by atoms with E-state index in [4.69, 9.17) is 10.00 Å². The Bertz CT molecular complexity index is 917. The average molecular weight is 364 g/mol. The molecule has 9 heteroatoms. The largest absolute Gasteiger partial charge is 0.383 e. The first-order chi connectivity index (χ1) is 13.3. The minimum Gasteiger partial charge on any atom is -0.383 e. The quantitative estimate of drug-likeness (QED) is 0.392. The smallest absolute Gasteiger partial charge is 0.181 e. The van der Waals surface area contributed by atoms with E-state index >= 15 is 0 Å². The summed E-state index contributed by atoms with van der Waals surface area (Å²) in [4.78, 5) is 8.46. The molecule has 0 atom stereocenters. The Balaban J connectivity index is 1.59. The molecule has 0 aliphatic heterocycles. The Morgan fingerprint density at radius 2 is 2.07 bits per heavy atom. The van der Waals surface area contributed by atoms with Gasteiger partial charge in [-0.3, -0.25) is 10.00 Å². The highest BCUT2D eigenvalue weighted by Crippen LogP contribution is 2.17. The third-order valence-electron chi connectivity index (χ3n) is 3.70. The number of rotatable bonds is 9. The van der Waals surface area contributed by atoms with Gasteiger partial charge in [0.1, 0.15) is 18.0 Å². The molecular weight excluding hydrogens is 344 g/mol. The summed E-state index contributed by atoms with van der Waals surface area (Å²) in [5.74, 6) is 1.36. The summed E-state index contributed by atoms with van der Waals surface area (Å²) in [5, 5.41) is 22.0. The summed E-state index contributed by atoms with van der Waals surface area (Å²) >= 11 is 0. The van der Waals surface area contributed by atoms with Gasteiger partial charge in [0.05, 0.1) is 25.0 Å². The molecule has 0 bridgehead atoms. The Labute approximate surface area is 157 Å². The second-order valence-corrected chi connectivity index (χ2v) is 5.69. The van der Waals surface area contributed by atoms with Gasteiger partial charge in [0, 0.05) is 31.6 Å². The highest BCUT2D eigenvalue weighted by atomic mass is 16.5. The fourth-order valence-corrected chi connectivity index (χ4v) is 2.42. The molecule has 0 saturated heterocycles. The number of methoxy groups -OCH3 is 1. The number of aromatic nitrogens is 4. The molecular formula is C18H20N8O. The van der Waals surface area contributed by atoms with Gasteiger partial charge in [0.2, 0.25) is 0 Å². The summed E-state index contributed by atoms with van der Waals surface area (Å²) < 4.78 is 6.84. The predicted octanol–water partition coefficient (Wildman–Crippen LogP) is 2.57. The van der Waals surface area contributed by atoms with E-state index in [-0.39, 0.29) is 0 Å². The fraction of sp³-hybridized carbons (Fsp3) is 0.222. The lowest BCUT2D eigenvalue weighted by atomic mass is 10.2. The van der Waals surface area contributed by atoms with Crippen LogP contribution in [0.2, 0.25) is 0 Å². The predicted molar refractivity (Wildman–Crippen MR) is 102 cm³/mol. The van der Waals surface area contributed by atoms with E-state index in [1.165, 1.54) is 6.33 Å². The van der Waals surface area contributed by atoms with Crippen molar-refractivity contribution in [3.05, 3.63) is 54.6 Å². The molecule has 0 spiro atoms. The SMILES string of the molecule is COCCn1cc(Nc2cc(NCc3cccc(NC#N)c3)ncn2)cn1. The number of ether oxygens (including phenoxy) is 1. The molecule has 27 heavy (non-hydrogen) atoms. The first-order valence-corrected chi connectivity index (χ1v) is 8.35. The molecule has 3 rings (SSSR count). The van der Waals surface area contributed by atoms with Gasteiger partial charge in [-0.1, -0.05) is 12.1 Å². The summed E-state index contributed by atoms with van der Waals surface area (Å²) in [6, 6.07) is 9.44. The van der Waals surface area contributed by atoms with Crippen molar-refractivity contribution in [1.29, 1.82) is 5.26 Å². The molecule has 1 aromatic carbocycles. The van der Waals surface area contributed by atoms with Crippen molar-refractivity contribution < 1.29 is 4.74 Å². The zero-order valence-corrected chi connectivity index (χ0v) is 14.9. The first-order valence-electron chi connectivity index (χ1n) is 8.35. The summed E-state index contributed by atoms with van der Waals surface area (Å²) in [6.45, 7) is 1.87. The van der Waals surface area contributed by atoms with Crippen LogP contribution in [0.4, 0.5) is 23.0 Å². The Hall–Kier alpha value is -3.64. The van der Waals surface area contributed by atoms with Crippen LogP contribution in [0.3, 0.4) is 0 Å². The molecule has 0 amide bonds. The van der Waals surface area contributed by atoms with Crippen LogP contribution >= 0.6 is 0 Å². The number of nitrogens with one attached hydrogen (secondary N) is 3. The molecule has 3 aromatic rings. The van der Waals surface area contributed by atoms with Crippen molar-refractivity contribution in [3.8, 4) is 6.19 Å². The summed E-state index contributed by atoms with van der Waals surface area (Å²) in [7, 11) is 1.66. The third kappa shape index (κ3) is 5.42. The van der Waals surface area contributed by atoms with E-state index in [0.717, 1.165) is 16.9 Å². The minimum atomic E-state index is 0.576. The first kappa shape index (κ1) is 18.2. The maximum Gasteiger partial charge on any atom is 0.181 e. The van der Waals surface area contributed by atoms with Gasteiger partial charge in [-0.05, 0) is 17.7 Å². The van der Waals surface area contributed by atoms with Crippen LogP contribution < -0.4 is 16.0 Å². The Morgan fingerprint density at radius 1 is 1.19 bits per heavy atom. The molecule has 0 aliphatic rings. The van der Waals surface area contributed by atoms with Crippen LogP contribution in [0.25, 0.3) is 0 Å². The lowest BCUT2D eigenvalue weighted by molar-refractivity contribution is 0.183. The molecule has 0 saturated carbocycles. The van der Waals surface area contributed by atoms with Crippen LogP contribution in [0.5, 0.6) is 0 Å². The highest BCUT2D eigenvalue weighted by molar-refractivity contribution is 5.57. The minimum absolute atomic E-state index is 0.576. The van der Waals surface area contributed by atoms with E-state index in [9.17, 15) is 0 Å². The van der Waals surface area contributed by atoms with Crippen molar-refractivity contribution in [3.63, 3.8) is 0 Å². The second kappa shape index (κ2) is 9.17. The van der Waals surface area contributed by atoms with Gasteiger partial charge >= 0.3 is 0 Å². The average Bonchev–Trinajstić information content (AvgIpc) is 3.13. The van der Waals surface area contributed by atoms with Crippen molar-refractivity contribution in [1.82, 2.24) is 19.7 Å². The molecule has 0 aliphatic carbocycles. The molecule has 0 fully saturated rings. The van der Waals surface area contributed by atoms with Gasteiger partial charge in [-0.2, -0.15) is 10.4 Å². The van der Waals surface area contributed by atoms with Gasteiger partial charge in [0.15, 0.2) is 6.19 Å². The Morgan fingerprint density at radius 3 is 2.93 bits per heavy atom. The van der Waals surface area contributed by atoms with Gasteiger partial charge in [0.25, 0.3) is 0 Å². The molecule has 3 N–H and O–H groups in total. The molecule has 0 radical (unpaired) electrons. The number of nitriles is 1. The summed E-state index contributed by atoms with van der Waals surface area (Å²) in [6.07, 6.45) is 7.03. The van der Waals surface area contributed by atoms with Crippen molar-refractivity contribution in [2.24, 2.45) is 0 Å². The van der Waals surface area contributed by atoms with Crippen LogP contribution in [-0.4, -0.2) is 33.5 Å². The second-order valence-electron chi connectivity index (χ2n) is 5.69. The van der Waals surface area contributed by atoms with Crippen LogP contribution in [0.15, 0.2) is 49.1 Å². The molecule has 9 nitrogen and oxygen atoms in total. The van der Waals surface area contributed by atoms with E-state index in [0.29, 0.717) is 31.3 Å². The summed E-state index contributed by atoms with van der Waals surface area (Å²) in [5.41, 5.74) is 2.63. The number of benzene rings is 1. The van der Waals surface area contributed by atoms with E-state index < -0.39 is 0 Å². The standard InChI is InChI=1S/C18H20N8O/c1-27-6-5-26-11-16(10-24-26)25-18-8-17(22-13-23-18)20-9-14-3-2-4-15(7-14)21-12-19/h2-4,7-8,10-11,13,21H,5-6,9H2,1H3,(H2,20,22,23,25). The van der Waals surface area contributed by atoms with Gasteiger partial charge in [-0.25, -0.2) is 9.97 Å². The topological polar surface area (TPSA) is 113 Å². The third-order valence-corrected chi connectivity index (χ3v) is 3.70. The normalized spacial score (nSPS) is 10.2. The number of hydrogen-bond donors (Lipinski definition) is 3. The van der Waals surface area contributed by atoms with Gasteiger partial charge < -0.3 is 15.4 Å². The molecule has 0 unspecified atom stereocenters. The lowest BCUT2D eigenvalue weighted by Gasteiger charge is -2.08. The van der Waals surface area contributed by atoms with Crippen LogP contribution in [-0.2, 0) is 17.8 Å². The number of nitrogens with zero attached hydrogens (tertiary/aromatic N) is 5. The monoisotopic (exact) mass is 364 g/mol. The number of hydrogen-bond acceptors (Lipinski definition) is 8. The van der Waals surface area contributed by atoms with Crippen molar-refractivity contribution in [2.75, 3.05) is 29.7 Å². The molecule has 2 aromatic heterocycles. The maximum atomic E-state index is 8.70. The van der Waals surface area contributed by atoms with Crippen molar-refractivity contribution >= 4 is 23.0 Å². The molecule has 2 heterocycles. The zero-order valence-electron chi connectivity index (χ0n) is 14.9. The van der Waals surface area contributed by atoms with Crippen LogP contribution in [0, 0.1) is 11.5 Å². The van der Waals surface area contributed by atoms with E-state index in [2.05, 4.69) is 31.0 Å². The van der Waals surface area contributed by atoms with Crippen molar-refractivity contribution in [2.45, 2.75) is 13.1 Å². The highest BCUT2D eigenvalue weighted by Gasteiger charge is 2.03. The molecule has 138 valence electrons. The zero-order chi connectivity index (χ0) is 18.9. The maximum absolute atomic E-state index is 8.70. The Kier molecular flexibility index (Phi) is 6.17. The van der Waals surface area contributed by atoms with Gasteiger partial charge in [-0.15, -0.1) is 0 Å². The lowest BCUT2D eigenvalue weighted by Crippen LogP contribution is -2.04.